The van der Waals surface area contributed by atoms with Crippen molar-refractivity contribution in [2.45, 2.75) is 19.9 Å². The molecular formula is C17H19N3O4S. The molecule has 1 aliphatic heterocycles. The van der Waals surface area contributed by atoms with Gasteiger partial charge in [0.25, 0.3) is 5.91 Å². The highest BCUT2D eigenvalue weighted by Gasteiger charge is 2.24. The lowest BCUT2D eigenvalue weighted by Crippen LogP contribution is -2.38. The Kier molecular flexibility index (Phi) is 5.18. The molecule has 0 radical (unpaired) electrons. The molecule has 1 N–H and O–H groups in total. The number of carbonyl (C=O) groups excluding carboxylic acids is 2. The SMILES string of the molecule is COc1cccc(OCC(=O)N2CCc3nc(NC(C)=O)sc3C2)c1. The zero-order valence-electron chi connectivity index (χ0n) is 14.1. The minimum atomic E-state index is -0.147. The zero-order valence-corrected chi connectivity index (χ0v) is 14.9. The van der Waals surface area contributed by atoms with E-state index in [0.29, 0.717) is 36.1 Å². The van der Waals surface area contributed by atoms with E-state index in [9.17, 15) is 9.59 Å². The van der Waals surface area contributed by atoms with Gasteiger partial charge in [0.15, 0.2) is 11.7 Å². The summed E-state index contributed by atoms with van der Waals surface area (Å²) >= 11 is 1.41. The molecule has 0 atom stereocenters. The number of hydrogen-bond donors (Lipinski definition) is 1. The Hall–Kier alpha value is -2.61. The third-order valence-corrected chi connectivity index (χ3v) is 4.77. The van der Waals surface area contributed by atoms with Crippen LogP contribution in [-0.2, 0) is 22.6 Å². The molecule has 25 heavy (non-hydrogen) atoms. The maximum Gasteiger partial charge on any atom is 0.260 e. The second-order valence-electron chi connectivity index (χ2n) is 5.60. The fourth-order valence-corrected chi connectivity index (χ4v) is 3.61. The number of methoxy groups -OCH3 is 1. The van der Waals surface area contributed by atoms with Gasteiger partial charge >= 0.3 is 0 Å². The Morgan fingerprint density at radius 2 is 2.16 bits per heavy atom. The summed E-state index contributed by atoms with van der Waals surface area (Å²) in [7, 11) is 1.58. The monoisotopic (exact) mass is 361 g/mol. The second-order valence-corrected chi connectivity index (χ2v) is 6.69. The number of benzene rings is 1. The number of hydrogen-bond acceptors (Lipinski definition) is 6. The van der Waals surface area contributed by atoms with E-state index in [1.807, 2.05) is 12.1 Å². The van der Waals surface area contributed by atoms with E-state index in [-0.39, 0.29) is 18.4 Å². The van der Waals surface area contributed by atoms with Gasteiger partial charge in [-0.25, -0.2) is 4.98 Å². The zero-order chi connectivity index (χ0) is 17.8. The maximum atomic E-state index is 12.4. The van der Waals surface area contributed by atoms with E-state index < -0.39 is 0 Å². The molecule has 0 fully saturated rings. The van der Waals surface area contributed by atoms with Crippen molar-refractivity contribution >= 4 is 28.3 Å². The van der Waals surface area contributed by atoms with Crippen LogP contribution in [0.4, 0.5) is 5.13 Å². The molecule has 2 heterocycles. The van der Waals surface area contributed by atoms with Gasteiger partial charge in [0.1, 0.15) is 11.5 Å². The van der Waals surface area contributed by atoms with Crippen molar-refractivity contribution in [2.75, 3.05) is 25.6 Å². The summed E-state index contributed by atoms with van der Waals surface area (Å²) in [5.41, 5.74) is 0.950. The summed E-state index contributed by atoms with van der Waals surface area (Å²) in [5, 5.41) is 3.27. The van der Waals surface area contributed by atoms with Crippen LogP contribution < -0.4 is 14.8 Å². The number of thiazole rings is 1. The Balaban J connectivity index is 1.58. The van der Waals surface area contributed by atoms with E-state index in [4.69, 9.17) is 9.47 Å². The van der Waals surface area contributed by atoms with Crippen LogP contribution in [0, 0.1) is 0 Å². The highest BCUT2D eigenvalue weighted by Crippen LogP contribution is 2.28. The van der Waals surface area contributed by atoms with E-state index in [2.05, 4.69) is 10.3 Å². The van der Waals surface area contributed by atoms with Crippen molar-refractivity contribution in [3.8, 4) is 11.5 Å². The molecular weight excluding hydrogens is 342 g/mol. The fraction of sp³-hybridized carbons (Fsp3) is 0.353. The van der Waals surface area contributed by atoms with Crippen LogP contribution >= 0.6 is 11.3 Å². The minimum Gasteiger partial charge on any atom is -0.497 e. The molecule has 3 rings (SSSR count). The third-order valence-electron chi connectivity index (χ3n) is 3.77. The number of ether oxygens (including phenoxy) is 2. The van der Waals surface area contributed by atoms with Crippen LogP contribution in [0.1, 0.15) is 17.5 Å². The number of nitrogens with zero attached hydrogens (tertiary/aromatic N) is 2. The molecule has 0 saturated heterocycles. The summed E-state index contributed by atoms with van der Waals surface area (Å²) in [5.74, 6) is 1.05. The van der Waals surface area contributed by atoms with Gasteiger partial charge in [-0.2, -0.15) is 0 Å². The van der Waals surface area contributed by atoms with E-state index >= 15 is 0 Å². The van der Waals surface area contributed by atoms with Crippen LogP contribution in [0.3, 0.4) is 0 Å². The molecule has 0 unspecified atom stereocenters. The predicted molar refractivity (Wildman–Crippen MR) is 94.0 cm³/mol. The van der Waals surface area contributed by atoms with Gasteiger partial charge in [-0.3, -0.25) is 9.59 Å². The minimum absolute atomic E-state index is 0.0279. The summed E-state index contributed by atoms with van der Waals surface area (Å²) in [6.07, 6.45) is 0.677. The molecule has 2 amide bonds. The topological polar surface area (TPSA) is 80.8 Å². The molecule has 0 bridgehead atoms. The van der Waals surface area contributed by atoms with Crippen LogP contribution in [0.5, 0.6) is 11.5 Å². The van der Waals surface area contributed by atoms with Gasteiger partial charge in [-0.1, -0.05) is 17.4 Å². The Labute approximate surface area is 149 Å². The molecule has 1 aromatic heterocycles. The number of nitrogens with one attached hydrogen (secondary N) is 1. The maximum absolute atomic E-state index is 12.4. The fourth-order valence-electron chi connectivity index (χ4n) is 2.54. The Morgan fingerprint density at radius 1 is 1.36 bits per heavy atom. The second kappa shape index (κ2) is 7.52. The molecule has 0 aliphatic carbocycles. The number of rotatable bonds is 5. The lowest BCUT2D eigenvalue weighted by molar-refractivity contribution is -0.134. The van der Waals surface area contributed by atoms with Crippen molar-refractivity contribution in [3.63, 3.8) is 0 Å². The Bertz CT molecular complexity index is 790. The smallest absolute Gasteiger partial charge is 0.260 e. The predicted octanol–water partition coefficient (Wildman–Crippen LogP) is 2.07. The van der Waals surface area contributed by atoms with Crippen molar-refractivity contribution in [1.29, 1.82) is 0 Å². The van der Waals surface area contributed by atoms with Gasteiger partial charge in [0.05, 0.1) is 19.3 Å². The number of anilines is 1. The van der Waals surface area contributed by atoms with Crippen molar-refractivity contribution in [3.05, 3.63) is 34.8 Å². The van der Waals surface area contributed by atoms with Gasteiger partial charge in [0.2, 0.25) is 5.91 Å². The van der Waals surface area contributed by atoms with Crippen LogP contribution in [-0.4, -0.2) is 42.0 Å². The average Bonchev–Trinajstić information content (AvgIpc) is 3.00. The van der Waals surface area contributed by atoms with Crippen molar-refractivity contribution in [2.24, 2.45) is 0 Å². The van der Waals surface area contributed by atoms with Gasteiger partial charge < -0.3 is 19.7 Å². The van der Waals surface area contributed by atoms with Gasteiger partial charge in [-0.15, -0.1) is 0 Å². The largest absolute Gasteiger partial charge is 0.497 e. The number of aromatic nitrogens is 1. The molecule has 1 aliphatic rings. The number of carbonyl (C=O) groups is 2. The van der Waals surface area contributed by atoms with Crippen molar-refractivity contribution < 1.29 is 19.1 Å². The first kappa shape index (κ1) is 17.2. The lowest BCUT2D eigenvalue weighted by Gasteiger charge is -2.26. The highest BCUT2D eigenvalue weighted by molar-refractivity contribution is 7.15. The Morgan fingerprint density at radius 3 is 2.92 bits per heavy atom. The summed E-state index contributed by atoms with van der Waals surface area (Å²) < 4.78 is 10.7. The van der Waals surface area contributed by atoms with Gasteiger partial charge in [0, 0.05) is 30.8 Å². The molecule has 0 saturated carbocycles. The van der Waals surface area contributed by atoms with Crippen molar-refractivity contribution in [1.82, 2.24) is 9.88 Å². The first-order chi connectivity index (χ1) is 12.0. The highest BCUT2D eigenvalue weighted by atomic mass is 32.1. The quantitative estimate of drug-likeness (QED) is 0.882. The van der Waals surface area contributed by atoms with Crippen LogP contribution in [0.15, 0.2) is 24.3 Å². The van der Waals surface area contributed by atoms with Crippen LogP contribution in [0.25, 0.3) is 0 Å². The number of fused-ring (bicyclic) bond motifs is 1. The standard InChI is InChI=1S/C17H19N3O4S/c1-11(21)18-17-19-14-6-7-20(9-15(14)25-17)16(22)10-24-13-5-3-4-12(8-13)23-2/h3-5,8H,6-7,9-10H2,1-2H3,(H,18,19,21). The normalized spacial score (nSPS) is 13.1. The van der Waals surface area contributed by atoms with E-state index in [0.717, 1.165) is 10.6 Å². The molecule has 8 heteroatoms. The van der Waals surface area contributed by atoms with Crippen LogP contribution in [0.2, 0.25) is 0 Å². The summed E-state index contributed by atoms with van der Waals surface area (Å²) in [6.45, 7) is 2.51. The molecule has 2 aromatic rings. The first-order valence-corrected chi connectivity index (χ1v) is 8.67. The number of amides is 2. The molecule has 0 spiro atoms. The average molecular weight is 361 g/mol. The molecule has 7 nitrogen and oxygen atoms in total. The van der Waals surface area contributed by atoms with E-state index in [1.54, 1.807) is 24.1 Å². The van der Waals surface area contributed by atoms with Gasteiger partial charge in [-0.05, 0) is 12.1 Å². The molecule has 1 aromatic carbocycles. The lowest BCUT2D eigenvalue weighted by atomic mass is 10.2. The van der Waals surface area contributed by atoms with E-state index in [1.165, 1.54) is 18.3 Å². The summed E-state index contributed by atoms with van der Waals surface area (Å²) in [4.78, 5) is 30.7. The summed E-state index contributed by atoms with van der Waals surface area (Å²) in [6, 6.07) is 7.15. The molecule has 132 valence electrons. The third kappa shape index (κ3) is 4.27. The first-order valence-electron chi connectivity index (χ1n) is 7.86.